The van der Waals surface area contributed by atoms with E-state index in [0.717, 1.165) is 11.3 Å². The number of hydrogen-bond donors (Lipinski definition) is 1. The first-order valence-corrected chi connectivity index (χ1v) is 5.00. The van der Waals surface area contributed by atoms with Crippen molar-refractivity contribution in [2.24, 2.45) is 0 Å². The van der Waals surface area contributed by atoms with Gasteiger partial charge in [-0.1, -0.05) is 0 Å². The van der Waals surface area contributed by atoms with Crippen LogP contribution >= 0.6 is 0 Å². The van der Waals surface area contributed by atoms with Crippen LogP contribution in [0.2, 0.25) is 0 Å². The molecule has 1 amide bonds. The Morgan fingerprint density at radius 2 is 2.20 bits per heavy atom. The first-order valence-electron chi connectivity index (χ1n) is 5.00. The molecule has 1 fully saturated rings. The van der Waals surface area contributed by atoms with Gasteiger partial charge in [-0.05, 0) is 31.5 Å². The van der Waals surface area contributed by atoms with Crippen LogP contribution < -0.4 is 4.90 Å². The minimum absolute atomic E-state index is 0.0556. The highest BCUT2D eigenvalue weighted by atomic mass is 16.3. The summed E-state index contributed by atoms with van der Waals surface area (Å²) >= 11 is 0. The number of hydrogen-bond acceptors (Lipinski definition) is 3. The molecule has 0 bridgehead atoms. The Morgan fingerprint density at radius 3 is 2.73 bits per heavy atom. The molecule has 80 valence electrons. The van der Waals surface area contributed by atoms with E-state index in [-0.39, 0.29) is 12.3 Å². The molecule has 0 saturated carbocycles. The lowest BCUT2D eigenvalue weighted by atomic mass is 10.2. The van der Waals surface area contributed by atoms with Crippen molar-refractivity contribution in [1.29, 1.82) is 0 Å². The fourth-order valence-electron chi connectivity index (χ4n) is 1.87. The van der Waals surface area contributed by atoms with Gasteiger partial charge in [0.1, 0.15) is 5.82 Å². The normalized spacial score (nSPS) is 21.1. The molecular formula is C11H14N2O2. The fourth-order valence-corrected chi connectivity index (χ4v) is 1.87. The number of rotatable bonds is 1. The second kappa shape index (κ2) is 3.62. The predicted molar refractivity (Wildman–Crippen MR) is 56.7 cm³/mol. The Kier molecular flexibility index (Phi) is 2.44. The maximum atomic E-state index is 11.5. The molecule has 2 heterocycles. The van der Waals surface area contributed by atoms with Gasteiger partial charge in [0.05, 0.1) is 19.1 Å². The Hall–Kier alpha value is -1.42. The van der Waals surface area contributed by atoms with Gasteiger partial charge in [0.25, 0.3) is 0 Å². The number of anilines is 1. The average molecular weight is 206 g/mol. The molecular weight excluding hydrogens is 192 g/mol. The smallest absolute Gasteiger partial charge is 0.230 e. The molecule has 4 heteroatoms. The summed E-state index contributed by atoms with van der Waals surface area (Å²) in [4.78, 5) is 17.4. The van der Waals surface area contributed by atoms with Crippen LogP contribution in [0.3, 0.4) is 0 Å². The van der Waals surface area contributed by atoms with Crippen molar-refractivity contribution in [2.45, 2.75) is 26.4 Å². The molecule has 1 unspecified atom stereocenters. The van der Waals surface area contributed by atoms with E-state index in [9.17, 15) is 9.90 Å². The largest absolute Gasteiger partial charge is 0.391 e. The molecule has 4 nitrogen and oxygen atoms in total. The Morgan fingerprint density at radius 1 is 1.47 bits per heavy atom. The summed E-state index contributed by atoms with van der Waals surface area (Å²) in [6.07, 6.45) is -0.352. The van der Waals surface area contributed by atoms with Gasteiger partial charge in [-0.15, -0.1) is 0 Å². The van der Waals surface area contributed by atoms with Crippen LogP contribution in [-0.4, -0.2) is 28.6 Å². The van der Waals surface area contributed by atoms with Crippen LogP contribution in [0, 0.1) is 13.8 Å². The van der Waals surface area contributed by atoms with Crippen LogP contribution in [0.15, 0.2) is 12.1 Å². The molecule has 1 aliphatic heterocycles. The molecule has 1 aliphatic rings. The van der Waals surface area contributed by atoms with Crippen molar-refractivity contribution < 1.29 is 9.90 Å². The van der Waals surface area contributed by atoms with Crippen LogP contribution in [0.1, 0.15) is 17.7 Å². The van der Waals surface area contributed by atoms with Gasteiger partial charge in [-0.25, -0.2) is 4.98 Å². The second-order valence-corrected chi connectivity index (χ2v) is 4.01. The molecule has 1 saturated heterocycles. The lowest BCUT2D eigenvalue weighted by Crippen LogP contribution is -2.26. The fraction of sp³-hybridized carbons (Fsp3) is 0.455. The van der Waals surface area contributed by atoms with Gasteiger partial charge in [0.2, 0.25) is 5.91 Å². The van der Waals surface area contributed by atoms with Gasteiger partial charge >= 0.3 is 0 Å². The number of pyridine rings is 1. The molecule has 0 aliphatic carbocycles. The van der Waals surface area contributed by atoms with Crippen molar-refractivity contribution in [3.05, 3.63) is 23.4 Å². The van der Waals surface area contributed by atoms with Crippen molar-refractivity contribution >= 4 is 11.7 Å². The Balaban J connectivity index is 2.33. The Labute approximate surface area is 88.6 Å². The first-order chi connectivity index (χ1) is 7.06. The lowest BCUT2D eigenvalue weighted by Gasteiger charge is -2.15. The zero-order valence-electron chi connectivity index (χ0n) is 8.90. The molecule has 1 aromatic rings. The summed E-state index contributed by atoms with van der Waals surface area (Å²) in [6, 6.07) is 3.82. The highest BCUT2D eigenvalue weighted by Crippen LogP contribution is 2.20. The molecule has 0 spiro atoms. The van der Waals surface area contributed by atoms with Gasteiger partial charge in [-0.3, -0.25) is 9.69 Å². The summed E-state index contributed by atoms with van der Waals surface area (Å²) in [6.45, 7) is 4.22. The number of aryl methyl sites for hydroxylation is 2. The highest BCUT2D eigenvalue weighted by Gasteiger charge is 2.29. The van der Waals surface area contributed by atoms with Crippen molar-refractivity contribution in [2.75, 3.05) is 11.4 Å². The van der Waals surface area contributed by atoms with Crippen molar-refractivity contribution in [1.82, 2.24) is 4.98 Å². The number of nitrogens with zero attached hydrogens (tertiary/aromatic N) is 2. The number of aromatic nitrogens is 1. The molecule has 1 N–H and O–H groups in total. The number of aliphatic hydroxyl groups excluding tert-OH is 1. The lowest BCUT2D eigenvalue weighted by molar-refractivity contribution is -0.117. The highest BCUT2D eigenvalue weighted by molar-refractivity contribution is 5.95. The van der Waals surface area contributed by atoms with E-state index in [1.807, 2.05) is 26.0 Å². The van der Waals surface area contributed by atoms with Gasteiger partial charge in [0, 0.05) is 5.69 Å². The third-order valence-electron chi connectivity index (χ3n) is 2.47. The number of carbonyl (C=O) groups is 1. The van der Waals surface area contributed by atoms with Gasteiger partial charge in [-0.2, -0.15) is 0 Å². The summed E-state index contributed by atoms with van der Waals surface area (Å²) in [5.74, 6) is 0.592. The van der Waals surface area contributed by atoms with Crippen LogP contribution in [0.4, 0.5) is 5.82 Å². The molecule has 0 aromatic carbocycles. The quantitative estimate of drug-likeness (QED) is 0.739. The first kappa shape index (κ1) is 10.1. The third kappa shape index (κ3) is 1.99. The monoisotopic (exact) mass is 206 g/mol. The minimum atomic E-state index is -0.555. The van der Waals surface area contributed by atoms with E-state index in [1.165, 1.54) is 0 Å². The number of carbonyl (C=O) groups excluding carboxylic acids is 1. The molecule has 15 heavy (non-hydrogen) atoms. The maximum Gasteiger partial charge on any atom is 0.230 e. The average Bonchev–Trinajstić information content (AvgIpc) is 2.43. The Bertz CT molecular complexity index is 383. The SMILES string of the molecule is Cc1cc(C)nc(N2CC(O)CC2=O)c1. The summed E-state index contributed by atoms with van der Waals surface area (Å²) < 4.78 is 0. The van der Waals surface area contributed by atoms with Gasteiger partial charge < -0.3 is 5.11 Å². The maximum absolute atomic E-state index is 11.5. The number of aliphatic hydroxyl groups is 1. The summed E-state index contributed by atoms with van der Waals surface area (Å²) in [7, 11) is 0. The zero-order chi connectivity index (χ0) is 11.0. The molecule has 0 radical (unpaired) electrons. The van der Waals surface area contributed by atoms with Crippen LogP contribution in [0.25, 0.3) is 0 Å². The van der Waals surface area contributed by atoms with Crippen molar-refractivity contribution in [3.63, 3.8) is 0 Å². The third-order valence-corrected chi connectivity index (χ3v) is 2.47. The summed E-state index contributed by atoms with van der Waals surface area (Å²) in [5, 5.41) is 9.38. The minimum Gasteiger partial charge on any atom is -0.391 e. The van der Waals surface area contributed by atoms with E-state index < -0.39 is 6.10 Å². The molecule has 1 aromatic heterocycles. The van der Waals surface area contributed by atoms with E-state index in [2.05, 4.69) is 4.98 Å². The number of β-amino-alcohol motifs (C(OH)–C–C–N with tert-alkyl or cyclic N) is 1. The van der Waals surface area contributed by atoms with Crippen LogP contribution in [0.5, 0.6) is 0 Å². The van der Waals surface area contributed by atoms with E-state index in [1.54, 1.807) is 4.90 Å². The standard InChI is InChI=1S/C11H14N2O2/c1-7-3-8(2)12-10(4-7)13-6-9(14)5-11(13)15/h3-4,9,14H,5-6H2,1-2H3. The van der Waals surface area contributed by atoms with Crippen LogP contribution in [-0.2, 0) is 4.79 Å². The number of amides is 1. The molecule has 2 rings (SSSR count). The topological polar surface area (TPSA) is 53.4 Å². The summed E-state index contributed by atoms with van der Waals surface area (Å²) in [5.41, 5.74) is 1.96. The van der Waals surface area contributed by atoms with E-state index >= 15 is 0 Å². The van der Waals surface area contributed by atoms with Crippen molar-refractivity contribution in [3.8, 4) is 0 Å². The second-order valence-electron chi connectivity index (χ2n) is 4.01. The van der Waals surface area contributed by atoms with Gasteiger partial charge in [0.15, 0.2) is 0 Å². The van der Waals surface area contributed by atoms with E-state index in [4.69, 9.17) is 0 Å². The predicted octanol–water partition coefficient (Wildman–Crippen LogP) is 0.796. The zero-order valence-corrected chi connectivity index (χ0v) is 8.90. The van der Waals surface area contributed by atoms with E-state index in [0.29, 0.717) is 12.4 Å². The molecule has 1 atom stereocenters.